The maximum absolute atomic E-state index is 13.5. The molecule has 1 aromatic heterocycles. The van der Waals surface area contributed by atoms with Crippen LogP contribution < -0.4 is 4.74 Å². The molecular weight excluding hydrogens is 499 g/mol. The molecule has 1 N–H and O–H groups in total. The molecule has 1 heterocycles. The van der Waals surface area contributed by atoms with Gasteiger partial charge in [0, 0.05) is 10.0 Å². The summed E-state index contributed by atoms with van der Waals surface area (Å²) in [6.07, 6.45) is -2.64. The summed E-state index contributed by atoms with van der Waals surface area (Å²) in [6.45, 7) is 0.195. The van der Waals surface area contributed by atoms with Gasteiger partial charge in [0.25, 0.3) is 0 Å². The van der Waals surface area contributed by atoms with Gasteiger partial charge in [0.1, 0.15) is 18.1 Å². The van der Waals surface area contributed by atoms with E-state index in [1.807, 2.05) is 24.3 Å². The van der Waals surface area contributed by atoms with Crippen LogP contribution in [0.15, 0.2) is 65.1 Å². The van der Waals surface area contributed by atoms with Gasteiger partial charge in [-0.25, -0.2) is 9.78 Å². The quantitative estimate of drug-likeness (QED) is 0.374. The van der Waals surface area contributed by atoms with Crippen LogP contribution in [0.2, 0.25) is 0 Å². The molecule has 0 radical (unpaired) electrons. The molecule has 0 spiro atoms. The SMILES string of the molecule is O=C(O)c1cccc(C2=C(c3cc(C(F)(F)F)ccc3OCc3ccc(Br)cc3)CCC2)n1. The molecule has 4 nitrogen and oxygen atoms in total. The molecule has 0 saturated carbocycles. The maximum Gasteiger partial charge on any atom is 0.416 e. The normalized spacial score (nSPS) is 13.9. The first-order chi connectivity index (χ1) is 15.7. The molecule has 0 aliphatic heterocycles. The van der Waals surface area contributed by atoms with Crippen LogP contribution in [0.4, 0.5) is 13.2 Å². The lowest BCUT2D eigenvalue weighted by atomic mass is 9.97. The Hall–Kier alpha value is -3.13. The number of allylic oxidation sites excluding steroid dienone is 2. The van der Waals surface area contributed by atoms with Crippen molar-refractivity contribution in [3.05, 3.63) is 93.2 Å². The summed E-state index contributed by atoms with van der Waals surface area (Å²) < 4.78 is 47.4. The first-order valence-corrected chi connectivity index (χ1v) is 11.0. The van der Waals surface area contributed by atoms with E-state index in [1.165, 1.54) is 12.1 Å². The molecule has 0 amide bonds. The van der Waals surface area contributed by atoms with Gasteiger partial charge in [-0.3, -0.25) is 0 Å². The van der Waals surface area contributed by atoms with E-state index in [0.29, 0.717) is 35.4 Å². The molecule has 4 rings (SSSR count). The molecular formula is C25H19BrF3NO3. The van der Waals surface area contributed by atoms with E-state index in [2.05, 4.69) is 20.9 Å². The molecule has 1 aliphatic carbocycles. The minimum absolute atomic E-state index is 0.109. The Kier molecular flexibility index (Phi) is 6.56. The fourth-order valence-corrected chi connectivity index (χ4v) is 4.12. The van der Waals surface area contributed by atoms with E-state index in [-0.39, 0.29) is 12.3 Å². The summed E-state index contributed by atoms with van der Waals surface area (Å²) in [4.78, 5) is 15.6. The third-order valence-electron chi connectivity index (χ3n) is 5.43. The lowest BCUT2D eigenvalue weighted by Crippen LogP contribution is -2.07. The largest absolute Gasteiger partial charge is 0.488 e. The van der Waals surface area contributed by atoms with Gasteiger partial charge in [-0.1, -0.05) is 34.1 Å². The van der Waals surface area contributed by atoms with E-state index >= 15 is 0 Å². The molecule has 2 aromatic carbocycles. The fraction of sp³-hybridized carbons (Fsp3) is 0.200. The Balaban J connectivity index is 1.77. The van der Waals surface area contributed by atoms with Crippen LogP contribution in [0, 0.1) is 0 Å². The molecule has 0 unspecified atom stereocenters. The standard InChI is InChI=1S/C25H19BrF3NO3/c26-17-10-7-15(8-11-17)14-33-23-12-9-16(25(27,28)29)13-20(23)18-3-1-4-19(18)21-5-2-6-22(30-21)24(31)32/h2,5-13H,1,3-4,14H2,(H,31,32). The average molecular weight is 518 g/mol. The molecule has 8 heteroatoms. The number of nitrogens with zero attached hydrogens (tertiary/aromatic N) is 1. The number of carboxylic acid groups (broad SMARTS) is 1. The molecule has 170 valence electrons. The van der Waals surface area contributed by atoms with Gasteiger partial charge < -0.3 is 9.84 Å². The van der Waals surface area contributed by atoms with Crippen LogP contribution >= 0.6 is 15.9 Å². The highest BCUT2D eigenvalue weighted by Crippen LogP contribution is 2.44. The van der Waals surface area contributed by atoms with Crippen molar-refractivity contribution in [1.82, 2.24) is 4.98 Å². The second kappa shape index (κ2) is 9.39. The van der Waals surface area contributed by atoms with Crippen LogP contribution in [-0.4, -0.2) is 16.1 Å². The van der Waals surface area contributed by atoms with Gasteiger partial charge in [-0.2, -0.15) is 13.2 Å². The van der Waals surface area contributed by atoms with Crippen molar-refractivity contribution in [2.45, 2.75) is 32.0 Å². The number of ether oxygens (including phenoxy) is 1. The Morgan fingerprint density at radius 1 is 1.03 bits per heavy atom. The number of alkyl halides is 3. The van der Waals surface area contributed by atoms with Crippen molar-refractivity contribution in [2.24, 2.45) is 0 Å². The molecule has 3 aromatic rings. The number of rotatable bonds is 6. The third-order valence-corrected chi connectivity index (χ3v) is 5.96. The van der Waals surface area contributed by atoms with Crippen LogP contribution in [0.1, 0.15) is 52.1 Å². The highest BCUT2D eigenvalue weighted by Gasteiger charge is 2.32. The number of hydrogen-bond acceptors (Lipinski definition) is 3. The summed E-state index contributed by atoms with van der Waals surface area (Å²) in [5.74, 6) is -0.815. The van der Waals surface area contributed by atoms with E-state index in [0.717, 1.165) is 34.2 Å². The lowest BCUT2D eigenvalue weighted by Gasteiger charge is -2.17. The summed E-state index contributed by atoms with van der Waals surface area (Å²) in [6, 6.07) is 15.6. The van der Waals surface area contributed by atoms with E-state index in [9.17, 15) is 23.1 Å². The Bertz CT molecular complexity index is 1220. The van der Waals surface area contributed by atoms with Crippen LogP contribution in [0.25, 0.3) is 11.1 Å². The third kappa shape index (κ3) is 5.27. The van der Waals surface area contributed by atoms with Crippen LogP contribution in [0.3, 0.4) is 0 Å². The number of benzene rings is 2. The molecule has 0 saturated heterocycles. The molecule has 0 fully saturated rings. The van der Waals surface area contributed by atoms with Gasteiger partial charge in [-0.15, -0.1) is 0 Å². The van der Waals surface area contributed by atoms with Crippen molar-refractivity contribution in [1.29, 1.82) is 0 Å². The molecule has 0 bridgehead atoms. The Labute approximate surface area is 196 Å². The molecule has 1 aliphatic rings. The summed E-state index contributed by atoms with van der Waals surface area (Å²) in [5.41, 5.74) is 2.26. The maximum atomic E-state index is 13.5. The minimum atomic E-state index is -4.50. The van der Waals surface area contributed by atoms with E-state index < -0.39 is 17.7 Å². The summed E-state index contributed by atoms with van der Waals surface area (Å²) in [5, 5.41) is 9.27. The minimum Gasteiger partial charge on any atom is -0.488 e. The van der Waals surface area contributed by atoms with Crippen LogP contribution in [-0.2, 0) is 12.8 Å². The summed E-state index contributed by atoms with van der Waals surface area (Å²) in [7, 11) is 0. The zero-order valence-corrected chi connectivity index (χ0v) is 18.9. The van der Waals surface area contributed by atoms with Gasteiger partial charge in [-0.05, 0) is 78.4 Å². The van der Waals surface area contributed by atoms with Gasteiger partial charge in [0.2, 0.25) is 0 Å². The lowest BCUT2D eigenvalue weighted by molar-refractivity contribution is -0.137. The molecule has 0 atom stereocenters. The Morgan fingerprint density at radius 2 is 1.76 bits per heavy atom. The van der Waals surface area contributed by atoms with Gasteiger partial charge in [0.05, 0.1) is 11.3 Å². The number of pyridine rings is 1. The number of aromatic nitrogens is 1. The Morgan fingerprint density at radius 3 is 2.45 bits per heavy atom. The average Bonchev–Trinajstić information content (AvgIpc) is 3.28. The number of carbonyl (C=O) groups is 1. The van der Waals surface area contributed by atoms with E-state index in [4.69, 9.17) is 4.74 Å². The van der Waals surface area contributed by atoms with Crippen molar-refractivity contribution in [3.8, 4) is 5.75 Å². The monoisotopic (exact) mass is 517 g/mol. The first-order valence-electron chi connectivity index (χ1n) is 10.2. The topological polar surface area (TPSA) is 59.4 Å². The highest BCUT2D eigenvalue weighted by atomic mass is 79.9. The number of aromatic carboxylic acids is 1. The predicted molar refractivity (Wildman–Crippen MR) is 122 cm³/mol. The second-order valence-corrected chi connectivity index (χ2v) is 8.56. The summed E-state index contributed by atoms with van der Waals surface area (Å²) >= 11 is 3.37. The second-order valence-electron chi connectivity index (χ2n) is 7.65. The predicted octanol–water partition coefficient (Wildman–Crippen LogP) is 7.23. The highest BCUT2D eigenvalue weighted by molar-refractivity contribution is 9.10. The van der Waals surface area contributed by atoms with E-state index in [1.54, 1.807) is 12.1 Å². The first kappa shape index (κ1) is 23.0. The zero-order valence-electron chi connectivity index (χ0n) is 17.3. The van der Waals surface area contributed by atoms with Gasteiger partial charge >= 0.3 is 12.1 Å². The fourth-order valence-electron chi connectivity index (χ4n) is 3.86. The smallest absolute Gasteiger partial charge is 0.416 e. The number of hydrogen-bond donors (Lipinski definition) is 1. The van der Waals surface area contributed by atoms with Crippen molar-refractivity contribution in [3.63, 3.8) is 0 Å². The number of carboxylic acids is 1. The van der Waals surface area contributed by atoms with Crippen LogP contribution in [0.5, 0.6) is 5.75 Å². The van der Waals surface area contributed by atoms with Gasteiger partial charge in [0.15, 0.2) is 0 Å². The zero-order chi connectivity index (χ0) is 23.6. The number of halogens is 4. The van der Waals surface area contributed by atoms with Crippen molar-refractivity contribution < 1.29 is 27.8 Å². The van der Waals surface area contributed by atoms with Crippen molar-refractivity contribution >= 4 is 33.0 Å². The van der Waals surface area contributed by atoms with Crippen molar-refractivity contribution in [2.75, 3.05) is 0 Å². The molecule has 33 heavy (non-hydrogen) atoms.